The molecule has 1 aliphatic carbocycles. The summed E-state index contributed by atoms with van der Waals surface area (Å²) in [5, 5.41) is 3.13. The molecule has 3 N–H and O–H groups in total. The molecular weight excluding hydrogens is 655 g/mol. The number of likely N-dealkylation sites (tertiary alicyclic amines) is 1. The number of nitrogens with one attached hydrogen (secondary N) is 1. The Hall–Kier alpha value is -3.23. The first kappa shape index (κ1) is 32.3. The van der Waals surface area contributed by atoms with Crippen molar-refractivity contribution >= 4 is 46.7 Å². The molecule has 16 heteroatoms. The van der Waals surface area contributed by atoms with Crippen LogP contribution >= 0.6 is 18.9 Å². The monoisotopic (exact) mass is 691 g/mol. The molecule has 252 valence electrons. The highest BCUT2D eigenvalue weighted by Crippen LogP contribution is 2.59. The summed E-state index contributed by atoms with van der Waals surface area (Å²) in [4.78, 5) is 68.0. The molecule has 3 aliphatic heterocycles. The zero-order valence-electron chi connectivity index (χ0n) is 25.9. The SMILES string of the molecule is COC1(c2nccn2C)CN(C(=O)[C@@H]2CC[C@@H]3CCC4(CC4)C[C@H](NC(=O)c4cc5cc(C(F)(F)P(=O)(O)O)ccc5s4)C(=O)N32)C1. The van der Waals surface area contributed by atoms with Crippen LogP contribution in [0.3, 0.4) is 0 Å². The van der Waals surface area contributed by atoms with Crippen LogP contribution in [0.2, 0.25) is 0 Å². The Morgan fingerprint density at radius 1 is 1.15 bits per heavy atom. The maximum absolute atomic E-state index is 14.3. The fourth-order valence-corrected chi connectivity index (χ4v) is 9.03. The summed E-state index contributed by atoms with van der Waals surface area (Å²) in [7, 11) is -2.30. The van der Waals surface area contributed by atoms with Gasteiger partial charge in [-0.05, 0) is 73.9 Å². The summed E-state index contributed by atoms with van der Waals surface area (Å²) in [5.74, 6) is -0.272. The average Bonchev–Trinajstić information content (AvgIpc) is 3.31. The standard InChI is InChI=1S/C31H36F2N5O7PS/c1-36-12-11-34-28(36)30(45-2)16-37(17-30)27(41)22-5-4-20-7-8-29(9-10-29)15-21(26(40)38(20)22)35-25(39)24-14-18-13-19(3-6-23(18)47-24)31(32,33)46(42,43)44/h3,6,11-14,20-22H,4-5,7-10,15-17H2,1-2H3,(H,35,39)(H2,42,43,44)/t20-,21+,22+/m1/s1. The highest BCUT2D eigenvalue weighted by atomic mass is 32.1. The number of benzene rings is 1. The lowest BCUT2D eigenvalue weighted by atomic mass is 9.86. The topological polar surface area (TPSA) is 154 Å². The van der Waals surface area contributed by atoms with E-state index in [4.69, 9.17) is 14.5 Å². The van der Waals surface area contributed by atoms with Crippen molar-refractivity contribution in [3.05, 3.63) is 52.9 Å². The molecule has 1 saturated carbocycles. The van der Waals surface area contributed by atoms with Crippen LogP contribution in [0.4, 0.5) is 8.78 Å². The van der Waals surface area contributed by atoms with Crippen molar-refractivity contribution in [1.82, 2.24) is 24.7 Å². The van der Waals surface area contributed by atoms with E-state index in [1.54, 1.807) is 23.1 Å². The van der Waals surface area contributed by atoms with Gasteiger partial charge in [-0.3, -0.25) is 18.9 Å². The van der Waals surface area contributed by atoms with Gasteiger partial charge in [0.15, 0.2) is 5.60 Å². The van der Waals surface area contributed by atoms with Crippen LogP contribution in [0, 0.1) is 5.41 Å². The van der Waals surface area contributed by atoms with E-state index < -0.39 is 42.4 Å². The third-order valence-electron chi connectivity index (χ3n) is 10.5. The zero-order valence-corrected chi connectivity index (χ0v) is 27.6. The van der Waals surface area contributed by atoms with E-state index in [9.17, 15) is 27.7 Å². The van der Waals surface area contributed by atoms with E-state index in [2.05, 4.69) is 10.3 Å². The predicted octanol–water partition coefficient (Wildman–Crippen LogP) is 3.67. The summed E-state index contributed by atoms with van der Waals surface area (Å²) < 4.78 is 48.2. The summed E-state index contributed by atoms with van der Waals surface area (Å²) in [6.07, 6.45) is 8.78. The van der Waals surface area contributed by atoms with Gasteiger partial charge in [-0.1, -0.05) is 6.07 Å². The quantitative estimate of drug-likeness (QED) is 0.318. The number of hydrogen-bond acceptors (Lipinski definition) is 7. The minimum atomic E-state index is -5.76. The number of nitrogens with zero attached hydrogens (tertiary/aromatic N) is 4. The van der Waals surface area contributed by atoms with Gasteiger partial charge in [0.05, 0.1) is 18.0 Å². The largest absolute Gasteiger partial charge is 0.399 e. The first-order chi connectivity index (χ1) is 22.2. The predicted molar refractivity (Wildman–Crippen MR) is 167 cm³/mol. The lowest BCUT2D eigenvalue weighted by Gasteiger charge is -2.49. The van der Waals surface area contributed by atoms with E-state index in [0.717, 1.165) is 55.0 Å². The van der Waals surface area contributed by atoms with Gasteiger partial charge < -0.3 is 34.2 Å². The number of hydrogen-bond donors (Lipinski definition) is 3. The Bertz CT molecular complexity index is 1810. The minimum absolute atomic E-state index is 0.0391. The van der Waals surface area contributed by atoms with Crippen LogP contribution < -0.4 is 5.32 Å². The van der Waals surface area contributed by atoms with E-state index in [1.165, 1.54) is 12.1 Å². The van der Waals surface area contributed by atoms with Crippen LogP contribution in [-0.2, 0) is 37.2 Å². The Labute approximate surface area is 273 Å². The fraction of sp³-hybridized carbons (Fsp3) is 0.548. The van der Waals surface area contributed by atoms with Gasteiger partial charge in [0.1, 0.15) is 17.9 Å². The Morgan fingerprint density at radius 2 is 1.89 bits per heavy atom. The third kappa shape index (κ3) is 5.40. The van der Waals surface area contributed by atoms with Gasteiger partial charge in [0.25, 0.3) is 5.91 Å². The van der Waals surface area contributed by atoms with Crippen LogP contribution in [0.1, 0.15) is 66.0 Å². The van der Waals surface area contributed by atoms with Crippen molar-refractivity contribution in [2.75, 3.05) is 20.2 Å². The number of carbonyl (C=O) groups excluding carboxylic acids is 3. The molecule has 2 aromatic heterocycles. The molecule has 5 heterocycles. The van der Waals surface area contributed by atoms with Gasteiger partial charge in [-0.15, -0.1) is 11.3 Å². The lowest BCUT2D eigenvalue weighted by Crippen LogP contribution is -2.66. The van der Waals surface area contributed by atoms with Crippen LogP contribution in [0.15, 0.2) is 36.7 Å². The van der Waals surface area contributed by atoms with Gasteiger partial charge in [-0.25, -0.2) is 4.98 Å². The van der Waals surface area contributed by atoms with Crippen molar-refractivity contribution < 1.29 is 42.3 Å². The Balaban J connectivity index is 1.10. The maximum Gasteiger partial charge on any atom is 0.399 e. The smallest absolute Gasteiger partial charge is 0.367 e. The lowest BCUT2D eigenvalue weighted by molar-refractivity contribution is -0.173. The summed E-state index contributed by atoms with van der Waals surface area (Å²) in [6, 6.07) is 2.93. The zero-order chi connectivity index (χ0) is 33.5. The number of carbonyl (C=O) groups is 3. The molecule has 7 rings (SSSR count). The van der Waals surface area contributed by atoms with Gasteiger partial charge in [0, 0.05) is 42.9 Å². The number of fused-ring (bicyclic) bond motifs is 2. The number of halogens is 2. The Morgan fingerprint density at radius 3 is 2.53 bits per heavy atom. The number of methoxy groups -OCH3 is 1. The van der Waals surface area contributed by atoms with Crippen molar-refractivity contribution in [3.8, 4) is 0 Å². The summed E-state index contributed by atoms with van der Waals surface area (Å²) >= 11 is 1.03. The highest BCUT2D eigenvalue weighted by Gasteiger charge is 2.56. The number of imidazole rings is 1. The number of amides is 3. The first-order valence-electron chi connectivity index (χ1n) is 15.6. The van der Waals surface area contributed by atoms with Gasteiger partial charge >= 0.3 is 13.3 Å². The van der Waals surface area contributed by atoms with Gasteiger partial charge in [-0.2, -0.15) is 8.78 Å². The second-order valence-electron chi connectivity index (χ2n) is 13.5. The van der Waals surface area contributed by atoms with E-state index >= 15 is 0 Å². The molecule has 4 fully saturated rings. The molecule has 3 saturated heterocycles. The van der Waals surface area contributed by atoms with Crippen molar-refractivity contribution in [2.45, 2.75) is 74.3 Å². The molecular formula is C31H36F2N5O7PS. The molecule has 4 aliphatic rings. The number of thiophene rings is 1. The molecule has 1 aromatic carbocycles. The number of ether oxygens (including phenoxy) is 1. The van der Waals surface area contributed by atoms with E-state index in [1.807, 2.05) is 17.8 Å². The average molecular weight is 692 g/mol. The van der Waals surface area contributed by atoms with Crippen molar-refractivity contribution in [2.24, 2.45) is 12.5 Å². The summed E-state index contributed by atoms with van der Waals surface area (Å²) in [6.45, 7) is 0.626. The van der Waals surface area contributed by atoms with Crippen LogP contribution in [0.25, 0.3) is 10.1 Å². The third-order valence-corrected chi connectivity index (χ3v) is 12.6. The molecule has 12 nitrogen and oxygen atoms in total. The molecule has 3 amide bonds. The minimum Gasteiger partial charge on any atom is -0.367 e. The molecule has 3 atom stereocenters. The normalized spacial score (nSPS) is 25.3. The number of rotatable bonds is 7. The number of aromatic nitrogens is 2. The van der Waals surface area contributed by atoms with Crippen molar-refractivity contribution in [1.29, 1.82) is 0 Å². The second kappa shape index (κ2) is 11.2. The van der Waals surface area contributed by atoms with Crippen LogP contribution in [0.5, 0.6) is 0 Å². The van der Waals surface area contributed by atoms with Gasteiger partial charge in [0.2, 0.25) is 11.8 Å². The highest BCUT2D eigenvalue weighted by molar-refractivity contribution is 7.52. The second-order valence-corrected chi connectivity index (χ2v) is 16.2. The number of aryl methyl sites for hydroxylation is 1. The number of alkyl halides is 2. The van der Waals surface area contributed by atoms with E-state index in [0.29, 0.717) is 37.1 Å². The van der Waals surface area contributed by atoms with Crippen molar-refractivity contribution in [3.63, 3.8) is 0 Å². The maximum atomic E-state index is 14.3. The van der Waals surface area contributed by atoms with Crippen LogP contribution in [-0.4, -0.2) is 85.2 Å². The fourth-order valence-electron chi connectivity index (χ4n) is 7.60. The first-order valence-corrected chi connectivity index (χ1v) is 18.0. The molecule has 3 aromatic rings. The molecule has 47 heavy (non-hydrogen) atoms. The molecule has 0 radical (unpaired) electrons. The molecule has 0 bridgehead atoms. The molecule has 1 spiro atoms. The molecule has 0 unspecified atom stereocenters. The van der Waals surface area contributed by atoms with E-state index in [-0.39, 0.29) is 33.5 Å². The summed E-state index contributed by atoms with van der Waals surface area (Å²) in [5.41, 5.74) is -6.00. The Kier molecular flexibility index (Phi) is 7.68.